The van der Waals surface area contributed by atoms with E-state index in [0.717, 1.165) is 17.3 Å². The Kier molecular flexibility index (Phi) is 7.07. The lowest BCUT2D eigenvalue weighted by atomic mass is 10.1. The van der Waals surface area contributed by atoms with E-state index in [0.29, 0.717) is 16.6 Å². The van der Waals surface area contributed by atoms with Gasteiger partial charge >= 0.3 is 5.88 Å². The molecule has 9 nitrogen and oxygen atoms in total. The van der Waals surface area contributed by atoms with Gasteiger partial charge in [-0.05, 0) is 48.7 Å². The van der Waals surface area contributed by atoms with Crippen LogP contribution in [0.25, 0.3) is 6.08 Å². The number of ether oxygens (including phenoxy) is 1. The first-order valence-electron chi connectivity index (χ1n) is 10.5. The molecule has 0 radical (unpaired) electrons. The van der Waals surface area contributed by atoms with E-state index >= 15 is 0 Å². The van der Waals surface area contributed by atoms with Gasteiger partial charge in [-0.2, -0.15) is 0 Å². The van der Waals surface area contributed by atoms with Crippen molar-refractivity contribution in [1.82, 2.24) is 5.27 Å². The number of carbonyl (C=O) groups excluding carboxylic acids is 1. The first-order chi connectivity index (χ1) is 16.5. The number of aliphatic imine (C=N–C) groups is 2. The molecule has 2 aromatic carbocycles. The summed E-state index contributed by atoms with van der Waals surface area (Å²) < 4.78 is 12.0. The summed E-state index contributed by atoms with van der Waals surface area (Å²) in [4.78, 5) is 23.2. The molecule has 0 aliphatic carbocycles. The van der Waals surface area contributed by atoms with Gasteiger partial charge in [-0.1, -0.05) is 48.2 Å². The molecule has 0 unspecified atom stereocenters. The molecule has 0 bridgehead atoms. The number of methoxy groups -OCH3 is 1. The normalized spacial score (nSPS) is 15.4. The van der Waals surface area contributed by atoms with E-state index in [4.69, 9.17) is 9.26 Å². The fourth-order valence-electron chi connectivity index (χ4n) is 3.15. The molecule has 1 aromatic heterocycles. The van der Waals surface area contributed by atoms with Crippen molar-refractivity contribution >= 4 is 46.4 Å². The number of hydrogen-bond acceptors (Lipinski definition) is 8. The Balaban J connectivity index is 1.60. The Morgan fingerprint density at radius 2 is 1.97 bits per heavy atom. The molecule has 0 spiro atoms. The fraction of sp³-hybridized carbons (Fsp3) is 0.208. The molecule has 0 saturated carbocycles. The van der Waals surface area contributed by atoms with E-state index in [1.165, 1.54) is 4.90 Å². The van der Waals surface area contributed by atoms with Gasteiger partial charge in [-0.15, -0.1) is 0 Å². The van der Waals surface area contributed by atoms with Crippen LogP contribution in [0.1, 0.15) is 25.5 Å². The van der Waals surface area contributed by atoms with Crippen molar-refractivity contribution in [2.45, 2.75) is 19.9 Å². The predicted octanol–water partition coefficient (Wildman–Crippen LogP) is 3.12. The van der Waals surface area contributed by atoms with Gasteiger partial charge in [0.2, 0.25) is 5.27 Å². The number of aromatic nitrogens is 2. The molecule has 0 fully saturated rings. The number of amidine groups is 1. The summed E-state index contributed by atoms with van der Waals surface area (Å²) in [6.07, 6.45) is 3.24. The van der Waals surface area contributed by atoms with Crippen LogP contribution in [0.15, 0.2) is 81.0 Å². The minimum atomic E-state index is -0.428. The number of carbonyl (C=O) groups is 1. The standard InChI is InChI=1S/C24H23N5O4S/c1-16(2)28-14-22(33-27-28)26-21(30)15-34-24-25-19(13-17-9-7-8-12-20(17)32-3)23(31)29(24)18-10-5-4-6-11-18/h4-14,16H,15H2,1-3H3/b19-13+. The molecule has 2 heterocycles. The molecule has 1 aliphatic heterocycles. The molecule has 3 aromatic rings. The summed E-state index contributed by atoms with van der Waals surface area (Å²) in [6.45, 7) is 3.88. The third kappa shape index (κ3) is 5.18. The van der Waals surface area contributed by atoms with Crippen LogP contribution in [-0.2, 0) is 4.79 Å². The third-order valence-electron chi connectivity index (χ3n) is 4.84. The second-order valence-electron chi connectivity index (χ2n) is 7.55. The lowest BCUT2D eigenvalue weighted by Gasteiger charge is -2.18. The quantitative estimate of drug-likeness (QED) is 0.224. The minimum Gasteiger partial charge on any atom is -0.861 e. The zero-order valence-electron chi connectivity index (χ0n) is 18.9. The average molecular weight is 478 g/mol. The number of thioether (sulfide) groups is 1. The summed E-state index contributed by atoms with van der Waals surface area (Å²) in [5.41, 5.74) is 1.62. The topological polar surface area (TPSA) is 107 Å². The maximum absolute atomic E-state index is 13.3. The van der Waals surface area contributed by atoms with Gasteiger partial charge < -0.3 is 9.84 Å². The molecule has 10 heteroatoms. The smallest absolute Gasteiger partial charge is 0.320 e. The largest absolute Gasteiger partial charge is 0.861 e. The monoisotopic (exact) mass is 477 g/mol. The van der Waals surface area contributed by atoms with Gasteiger partial charge in [-0.3, -0.25) is 14.2 Å². The number of anilines is 1. The number of benzene rings is 2. The predicted molar refractivity (Wildman–Crippen MR) is 129 cm³/mol. The van der Waals surface area contributed by atoms with E-state index < -0.39 is 5.90 Å². The van der Waals surface area contributed by atoms with Crippen molar-refractivity contribution in [3.63, 3.8) is 0 Å². The average Bonchev–Trinajstić information content (AvgIpc) is 3.43. The molecular weight excluding hydrogens is 454 g/mol. The van der Waals surface area contributed by atoms with Crippen molar-refractivity contribution < 1.29 is 23.8 Å². The molecule has 1 amide bonds. The Morgan fingerprint density at radius 3 is 2.68 bits per heavy atom. The molecule has 4 rings (SSSR count). The Morgan fingerprint density at radius 1 is 1.24 bits per heavy atom. The van der Waals surface area contributed by atoms with Gasteiger partial charge in [-0.25, -0.2) is 9.98 Å². The Labute approximate surface area is 201 Å². The van der Waals surface area contributed by atoms with Gasteiger partial charge in [0.05, 0.1) is 12.8 Å². The third-order valence-corrected chi connectivity index (χ3v) is 5.76. The zero-order valence-corrected chi connectivity index (χ0v) is 19.7. The first-order valence-corrected chi connectivity index (χ1v) is 11.5. The Bertz CT molecular complexity index is 1270. The summed E-state index contributed by atoms with van der Waals surface area (Å²) in [5, 5.41) is 16.7. The van der Waals surface area contributed by atoms with E-state index in [1.54, 1.807) is 24.1 Å². The van der Waals surface area contributed by atoms with Crippen LogP contribution in [0, 0.1) is 0 Å². The SMILES string of the molecule is COc1ccccc1/C=C1/N=C(SC/C([O-])=N\c2c[n+](C(C)C)no2)N(c2ccccc2)C1=O. The minimum absolute atomic E-state index is 0.0280. The van der Waals surface area contributed by atoms with Crippen LogP contribution in [0.3, 0.4) is 0 Å². The number of hydrogen-bond donors (Lipinski definition) is 0. The molecule has 0 N–H and O–H groups in total. The number of amides is 1. The molecule has 0 atom stereocenters. The molecule has 0 saturated heterocycles. The highest BCUT2D eigenvalue weighted by Gasteiger charge is 2.32. The highest BCUT2D eigenvalue weighted by molar-refractivity contribution is 8.14. The summed E-state index contributed by atoms with van der Waals surface area (Å²) in [7, 11) is 1.57. The second-order valence-corrected chi connectivity index (χ2v) is 8.49. The highest BCUT2D eigenvalue weighted by Crippen LogP contribution is 2.30. The number of para-hydroxylation sites is 2. The summed E-state index contributed by atoms with van der Waals surface area (Å²) in [5.74, 6) is 0.00442. The van der Waals surface area contributed by atoms with Gasteiger partial charge in [0, 0.05) is 11.3 Å². The van der Waals surface area contributed by atoms with Crippen molar-refractivity contribution in [2.75, 3.05) is 17.8 Å². The zero-order chi connectivity index (χ0) is 24.1. The van der Waals surface area contributed by atoms with Crippen LogP contribution in [0.5, 0.6) is 5.75 Å². The first kappa shape index (κ1) is 23.2. The maximum Gasteiger partial charge on any atom is 0.320 e. The fourth-order valence-corrected chi connectivity index (χ4v) is 3.95. The van der Waals surface area contributed by atoms with E-state index in [-0.39, 0.29) is 29.3 Å². The van der Waals surface area contributed by atoms with Gasteiger partial charge in [0.15, 0.2) is 11.2 Å². The van der Waals surface area contributed by atoms with Crippen LogP contribution in [0.4, 0.5) is 11.6 Å². The number of rotatable bonds is 7. The van der Waals surface area contributed by atoms with Gasteiger partial charge in [0.1, 0.15) is 11.4 Å². The molecule has 174 valence electrons. The van der Waals surface area contributed by atoms with Crippen LogP contribution >= 0.6 is 11.8 Å². The summed E-state index contributed by atoms with van der Waals surface area (Å²) >= 11 is 1.13. The van der Waals surface area contributed by atoms with Crippen LogP contribution < -0.4 is 19.4 Å². The van der Waals surface area contributed by atoms with Crippen molar-refractivity contribution in [1.29, 1.82) is 0 Å². The number of nitrogens with zero attached hydrogens (tertiary/aromatic N) is 5. The molecular formula is C24H23N5O4S. The summed E-state index contributed by atoms with van der Waals surface area (Å²) in [6, 6.07) is 16.6. The van der Waals surface area contributed by atoms with Crippen LogP contribution in [-0.4, -0.2) is 35.1 Å². The van der Waals surface area contributed by atoms with E-state index in [2.05, 4.69) is 15.3 Å². The second kappa shape index (κ2) is 10.3. The van der Waals surface area contributed by atoms with Crippen LogP contribution in [0.2, 0.25) is 0 Å². The molecule has 1 aliphatic rings. The van der Waals surface area contributed by atoms with E-state index in [9.17, 15) is 9.90 Å². The van der Waals surface area contributed by atoms with Crippen molar-refractivity contribution in [3.8, 4) is 5.75 Å². The Hall–Kier alpha value is -3.92. The highest BCUT2D eigenvalue weighted by atomic mass is 32.2. The lowest BCUT2D eigenvalue weighted by molar-refractivity contribution is -0.779. The van der Waals surface area contributed by atoms with Gasteiger partial charge in [0.25, 0.3) is 12.1 Å². The molecule has 34 heavy (non-hydrogen) atoms. The van der Waals surface area contributed by atoms with Crippen molar-refractivity contribution in [3.05, 3.63) is 72.1 Å². The van der Waals surface area contributed by atoms with E-state index in [1.807, 2.05) is 68.4 Å². The van der Waals surface area contributed by atoms with Crippen molar-refractivity contribution in [2.24, 2.45) is 9.98 Å². The maximum atomic E-state index is 13.3. The lowest BCUT2D eigenvalue weighted by Crippen LogP contribution is -2.36.